The normalized spacial score (nSPS) is 12.8. The van der Waals surface area contributed by atoms with Crippen LogP contribution >= 0.6 is 0 Å². The molecular formula is C64H40N6. The van der Waals surface area contributed by atoms with Crippen LogP contribution < -0.4 is 0 Å². The summed E-state index contributed by atoms with van der Waals surface area (Å²) in [5.74, 6) is 0.855. The van der Waals surface area contributed by atoms with Crippen molar-refractivity contribution in [1.82, 2.24) is 28.2 Å². The lowest BCUT2D eigenvalue weighted by Crippen LogP contribution is -2.09. The van der Waals surface area contributed by atoms with Crippen LogP contribution in [0.3, 0.4) is 0 Å². The first kappa shape index (κ1) is 34.7. The molecule has 6 nitrogen and oxygen atoms in total. The molecule has 0 unspecified atom stereocenters. The molecule has 0 saturated carbocycles. The molecule has 0 aliphatic rings. The number of aromatic nitrogens is 6. The first-order valence-electron chi connectivity index (χ1n) is 25.5. The minimum Gasteiger partial charge on any atom is -0.309 e. The van der Waals surface area contributed by atoms with Crippen LogP contribution in [-0.2, 0) is 0 Å². The zero-order valence-corrected chi connectivity index (χ0v) is 37.5. The van der Waals surface area contributed by atoms with Gasteiger partial charge in [-0.3, -0.25) is 9.13 Å². The molecule has 0 atom stereocenters. The largest absolute Gasteiger partial charge is 0.309 e. The molecule has 0 aliphatic carbocycles. The maximum atomic E-state index is 9.51. The third kappa shape index (κ3) is 5.56. The molecule has 70 heavy (non-hydrogen) atoms. The Hall–Kier alpha value is -9.52. The van der Waals surface area contributed by atoms with Gasteiger partial charge in [-0.1, -0.05) is 170 Å². The summed E-state index contributed by atoms with van der Waals surface area (Å²) in [5, 5.41) is 7.85. The quantitative estimate of drug-likeness (QED) is 0.167. The number of rotatable bonds is 6. The van der Waals surface area contributed by atoms with E-state index in [4.69, 9.17) is 12.7 Å². The van der Waals surface area contributed by atoms with E-state index in [1.807, 2.05) is 41.0 Å². The smallest absolute Gasteiger partial charge is 0.237 e. The molecular weight excluding hydrogens is 853 g/mol. The second kappa shape index (κ2) is 15.0. The Bertz CT molecular complexity index is 4710. The minimum atomic E-state index is -0.326. The zero-order chi connectivity index (χ0) is 49.3. The minimum absolute atomic E-state index is 0.114. The molecule has 5 aromatic heterocycles. The summed E-state index contributed by atoms with van der Waals surface area (Å²) < 4.78 is 45.3. The fourth-order valence-electron chi connectivity index (χ4n) is 11.2. The molecule has 10 aromatic carbocycles. The molecule has 0 amide bonds. The number of hydrogen-bond donors (Lipinski definition) is 0. The zero-order valence-electron chi connectivity index (χ0n) is 41.5. The van der Waals surface area contributed by atoms with Crippen LogP contribution in [0.25, 0.3) is 133 Å². The van der Waals surface area contributed by atoms with Gasteiger partial charge in [-0.05, 0) is 77.8 Å². The van der Waals surface area contributed by atoms with E-state index >= 15 is 0 Å². The standard InChI is InChI=1S/C64H40N6/c1-9-30-53-44(21-1)45-22-2-10-31-54(45)67(53)42-20-17-19-41(39-42)43-29-18-38-61(68-55-32-11-3-23-46(55)47-24-4-12-33-56(47)68)63(43)52-40-62(69-57-34-13-5-25-48(57)49-26-6-14-35-58(49)69)66-64(65-52)70-59-36-15-7-27-50(59)51-28-8-16-37-60(51)70/h1-40H/i7D,15D,27D,36D. The van der Waals surface area contributed by atoms with E-state index in [-0.39, 0.29) is 30.1 Å². The number of fused-ring (bicyclic) bond motifs is 12. The maximum absolute atomic E-state index is 9.51. The fourth-order valence-corrected chi connectivity index (χ4v) is 11.2. The predicted octanol–water partition coefficient (Wildman–Crippen LogP) is 16.2. The van der Waals surface area contributed by atoms with Gasteiger partial charge in [-0.25, -0.2) is 4.98 Å². The Morgan fingerprint density at radius 2 is 0.771 bits per heavy atom. The molecule has 0 spiro atoms. The van der Waals surface area contributed by atoms with E-state index in [0.717, 1.165) is 82.7 Å². The van der Waals surface area contributed by atoms with Crippen LogP contribution in [0.5, 0.6) is 0 Å². The molecule has 0 bridgehead atoms. The van der Waals surface area contributed by atoms with Crippen LogP contribution in [0.4, 0.5) is 0 Å². The van der Waals surface area contributed by atoms with Gasteiger partial charge in [0.25, 0.3) is 0 Å². The Morgan fingerprint density at radius 1 is 0.329 bits per heavy atom. The molecule has 0 radical (unpaired) electrons. The Morgan fingerprint density at radius 3 is 1.31 bits per heavy atom. The lowest BCUT2D eigenvalue weighted by molar-refractivity contribution is 0.951. The third-order valence-electron chi connectivity index (χ3n) is 14.1. The van der Waals surface area contributed by atoms with Crippen molar-refractivity contribution in [2.75, 3.05) is 0 Å². The molecule has 0 N–H and O–H groups in total. The van der Waals surface area contributed by atoms with E-state index < -0.39 is 0 Å². The first-order chi connectivity index (χ1) is 36.4. The van der Waals surface area contributed by atoms with Crippen molar-refractivity contribution in [2.24, 2.45) is 0 Å². The van der Waals surface area contributed by atoms with Gasteiger partial charge in [0.1, 0.15) is 5.82 Å². The molecule has 5 heterocycles. The number of nitrogens with zero attached hydrogens (tertiary/aromatic N) is 6. The molecule has 0 fully saturated rings. The van der Waals surface area contributed by atoms with Crippen LogP contribution in [0, 0.1) is 0 Å². The SMILES string of the molecule is [2H]c1c([2H])c([2H])c2c(c1[2H])c1ccccc1n2-c1nc(-c2c(-c3cccc(-n4c5ccccc5c5ccccc54)c3)cccc2-n2c3ccccc3c3ccccc32)cc(-n2c3ccccc3c3ccccc32)n1. The average molecular weight is 897 g/mol. The van der Waals surface area contributed by atoms with Crippen LogP contribution in [0.15, 0.2) is 243 Å². The van der Waals surface area contributed by atoms with Gasteiger partial charge in [0.2, 0.25) is 5.95 Å². The molecule has 6 heteroatoms. The number of benzene rings is 10. The van der Waals surface area contributed by atoms with Gasteiger partial charge in [0, 0.05) is 60.4 Å². The first-order valence-corrected chi connectivity index (χ1v) is 23.5. The van der Waals surface area contributed by atoms with Gasteiger partial charge in [0.15, 0.2) is 0 Å². The van der Waals surface area contributed by atoms with Crippen molar-refractivity contribution in [2.45, 2.75) is 0 Å². The van der Waals surface area contributed by atoms with Crippen molar-refractivity contribution in [3.63, 3.8) is 0 Å². The van der Waals surface area contributed by atoms with Crippen molar-refractivity contribution in [3.05, 3.63) is 243 Å². The van der Waals surface area contributed by atoms with Gasteiger partial charge < -0.3 is 9.13 Å². The van der Waals surface area contributed by atoms with Gasteiger partial charge in [-0.15, -0.1) is 0 Å². The van der Waals surface area contributed by atoms with Gasteiger partial charge in [-0.2, -0.15) is 4.98 Å². The fraction of sp³-hybridized carbons (Fsp3) is 0. The monoisotopic (exact) mass is 896 g/mol. The van der Waals surface area contributed by atoms with Gasteiger partial charge in [0.05, 0.1) is 61.0 Å². The highest BCUT2D eigenvalue weighted by Gasteiger charge is 2.25. The molecule has 0 saturated heterocycles. The Balaban J connectivity index is 1.10. The highest BCUT2D eigenvalue weighted by molar-refractivity contribution is 6.13. The van der Waals surface area contributed by atoms with Crippen molar-refractivity contribution in [1.29, 1.82) is 0 Å². The lowest BCUT2D eigenvalue weighted by atomic mass is 9.95. The Kier molecular flexibility index (Phi) is 7.44. The molecule has 0 aliphatic heterocycles. The van der Waals surface area contributed by atoms with Crippen molar-refractivity contribution < 1.29 is 5.48 Å². The van der Waals surface area contributed by atoms with Crippen LogP contribution in [-0.4, -0.2) is 28.2 Å². The van der Waals surface area contributed by atoms with Crippen molar-refractivity contribution >= 4 is 87.2 Å². The summed E-state index contributed by atoms with van der Waals surface area (Å²) in [6, 6.07) is 75.0. The molecule has 15 rings (SSSR count). The third-order valence-corrected chi connectivity index (χ3v) is 14.1. The highest BCUT2D eigenvalue weighted by Crippen LogP contribution is 2.44. The van der Waals surface area contributed by atoms with Crippen molar-refractivity contribution in [3.8, 4) is 45.5 Å². The second-order valence-electron chi connectivity index (χ2n) is 17.8. The summed E-state index contributed by atoms with van der Waals surface area (Å²) in [6.07, 6.45) is 0. The van der Waals surface area contributed by atoms with Gasteiger partial charge >= 0.3 is 0 Å². The van der Waals surface area contributed by atoms with E-state index in [9.17, 15) is 2.74 Å². The summed E-state index contributed by atoms with van der Waals surface area (Å²) in [5.41, 5.74) is 12.5. The predicted molar refractivity (Wildman–Crippen MR) is 290 cm³/mol. The summed E-state index contributed by atoms with van der Waals surface area (Å²) in [7, 11) is 0. The van der Waals surface area contributed by atoms with Crippen LogP contribution in [0.1, 0.15) is 5.48 Å². The van der Waals surface area contributed by atoms with E-state index in [1.165, 1.54) is 10.8 Å². The summed E-state index contributed by atoms with van der Waals surface area (Å²) >= 11 is 0. The summed E-state index contributed by atoms with van der Waals surface area (Å²) in [4.78, 5) is 11.2. The van der Waals surface area contributed by atoms with E-state index in [1.54, 1.807) is 0 Å². The number of hydrogen-bond acceptors (Lipinski definition) is 2. The summed E-state index contributed by atoms with van der Waals surface area (Å²) in [6.45, 7) is 0. The van der Waals surface area contributed by atoms with Crippen LogP contribution in [0.2, 0.25) is 0 Å². The topological polar surface area (TPSA) is 45.5 Å². The number of para-hydroxylation sites is 8. The average Bonchev–Trinajstić information content (AvgIpc) is 4.21. The van der Waals surface area contributed by atoms with E-state index in [2.05, 4.69) is 196 Å². The van der Waals surface area contributed by atoms with E-state index in [0.29, 0.717) is 33.3 Å². The lowest BCUT2D eigenvalue weighted by Gasteiger charge is -2.20. The molecule has 326 valence electrons. The second-order valence-corrected chi connectivity index (χ2v) is 17.8. The molecule has 15 aromatic rings. The maximum Gasteiger partial charge on any atom is 0.237 e. The Labute approximate surface area is 407 Å². The highest BCUT2D eigenvalue weighted by atomic mass is 15.2.